The van der Waals surface area contributed by atoms with Gasteiger partial charge in [0.05, 0.1) is 26.4 Å². The van der Waals surface area contributed by atoms with E-state index in [0.29, 0.717) is 13.0 Å². The summed E-state index contributed by atoms with van der Waals surface area (Å²) in [7, 11) is 0. The molecule has 0 aromatic carbocycles. The van der Waals surface area contributed by atoms with Crippen LogP contribution in [0.15, 0.2) is 134 Å². The van der Waals surface area contributed by atoms with Crippen molar-refractivity contribution in [3.05, 3.63) is 134 Å². The van der Waals surface area contributed by atoms with Gasteiger partial charge in [-0.1, -0.05) is 148 Å². The minimum Gasteiger partial charge on any atom is -0.457 e. The van der Waals surface area contributed by atoms with Crippen molar-refractivity contribution < 1.29 is 69.0 Å². The molecule has 0 amide bonds. The molecule has 14 heteroatoms. The van der Waals surface area contributed by atoms with E-state index in [1.165, 1.54) is 0 Å². The molecule has 2 aliphatic rings. The summed E-state index contributed by atoms with van der Waals surface area (Å²) in [5.41, 5.74) is 0. The highest BCUT2D eigenvalue weighted by Gasteiger charge is 2.47. The molecule has 0 aromatic rings. The van der Waals surface area contributed by atoms with Gasteiger partial charge < -0.3 is 64.2 Å². The number of aliphatic hydroxyl groups is 7. The number of ether oxygens (including phenoxy) is 6. The van der Waals surface area contributed by atoms with Crippen molar-refractivity contribution in [2.45, 2.75) is 184 Å². The van der Waals surface area contributed by atoms with Crippen LogP contribution in [0.25, 0.3) is 0 Å². The molecule has 2 heterocycles. The molecule has 400 valence electrons. The lowest BCUT2D eigenvalue weighted by atomic mass is 9.98. The summed E-state index contributed by atoms with van der Waals surface area (Å²) < 4.78 is 34.1. The molecule has 0 aliphatic carbocycles. The Morgan fingerprint density at radius 1 is 0.465 bits per heavy atom. The molecular formula is C57H88O14. The lowest BCUT2D eigenvalue weighted by Gasteiger charge is -2.42. The Morgan fingerprint density at radius 3 is 1.31 bits per heavy atom. The molecule has 0 saturated carbocycles. The largest absolute Gasteiger partial charge is 0.457 e. The number of allylic oxidation sites excluding steroid dienone is 22. The standard InChI is InChI=1S/C57H88O14/c1-3-5-7-9-11-13-15-17-19-21-23-24-26-28-30-32-34-36-38-40-49(59)69-46(43-66-41-39-37-35-33-31-29-27-25-22-20-18-16-14-12-10-8-6-4-2)44-67-56-55(65)53(63)51(61)48(71-56)45-68-57-54(64)52(62)50(60)47(42-58)70-57/h5-8,11-14,17-20,23-25,27-28,30-31,33-34,36,46-48,50-58,60-65H,3-4,9-10,15-16,21-22,26,29,32,35,37-45H2,1-2H3/b7-5-,8-6-,13-11-,14-12-,19-17-,20-18-,24-23-,27-25-,30-28-,33-31-,36-34-. The van der Waals surface area contributed by atoms with Crippen LogP contribution >= 0.6 is 0 Å². The second-order valence-electron chi connectivity index (χ2n) is 17.2. The number of carbonyl (C=O) groups is 1. The van der Waals surface area contributed by atoms with Crippen LogP contribution in [0.1, 0.15) is 117 Å². The average molecular weight is 997 g/mol. The van der Waals surface area contributed by atoms with Crippen LogP contribution in [0.3, 0.4) is 0 Å². The highest BCUT2D eigenvalue weighted by molar-refractivity contribution is 5.69. The van der Waals surface area contributed by atoms with Crippen molar-refractivity contribution in [1.29, 1.82) is 0 Å². The van der Waals surface area contributed by atoms with E-state index in [2.05, 4.69) is 135 Å². The van der Waals surface area contributed by atoms with Crippen LogP contribution in [0.5, 0.6) is 0 Å². The molecule has 2 fully saturated rings. The molecule has 11 unspecified atom stereocenters. The van der Waals surface area contributed by atoms with Crippen molar-refractivity contribution in [1.82, 2.24) is 0 Å². The number of esters is 1. The molecule has 71 heavy (non-hydrogen) atoms. The minimum absolute atomic E-state index is 0.00896. The smallest absolute Gasteiger partial charge is 0.306 e. The summed E-state index contributed by atoms with van der Waals surface area (Å²) in [4.78, 5) is 13.0. The molecule has 0 spiro atoms. The van der Waals surface area contributed by atoms with Crippen molar-refractivity contribution >= 4 is 5.97 Å². The van der Waals surface area contributed by atoms with E-state index in [1.807, 2.05) is 12.2 Å². The van der Waals surface area contributed by atoms with E-state index < -0.39 is 86.7 Å². The topological polar surface area (TPSA) is 214 Å². The predicted octanol–water partition coefficient (Wildman–Crippen LogP) is 7.96. The third-order valence-corrected chi connectivity index (χ3v) is 11.2. The van der Waals surface area contributed by atoms with E-state index >= 15 is 0 Å². The first-order valence-corrected chi connectivity index (χ1v) is 25.8. The maximum absolute atomic E-state index is 13.0. The Kier molecular flexibility index (Phi) is 38.0. The first-order valence-electron chi connectivity index (χ1n) is 25.8. The van der Waals surface area contributed by atoms with E-state index in [-0.39, 0.29) is 19.6 Å². The number of rotatable bonds is 38. The average Bonchev–Trinajstić information content (AvgIpc) is 3.37. The van der Waals surface area contributed by atoms with Gasteiger partial charge in [0.1, 0.15) is 54.9 Å². The van der Waals surface area contributed by atoms with Crippen LogP contribution in [-0.2, 0) is 33.2 Å². The van der Waals surface area contributed by atoms with Crippen molar-refractivity contribution in [2.24, 2.45) is 0 Å². The molecule has 7 N–H and O–H groups in total. The molecular weight excluding hydrogens is 909 g/mol. The summed E-state index contributed by atoms with van der Waals surface area (Å²) in [6.07, 6.45) is 43.9. The summed E-state index contributed by atoms with van der Waals surface area (Å²) in [5.74, 6) is -0.480. The van der Waals surface area contributed by atoms with E-state index in [0.717, 1.165) is 89.9 Å². The monoisotopic (exact) mass is 997 g/mol. The molecule has 11 atom stereocenters. The fraction of sp³-hybridized carbons (Fsp3) is 0.596. The maximum Gasteiger partial charge on any atom is 0.306 e. The van der Waals surface area contributed by atoms with Gasteiger partial charge in [-0.3, -0.25) is 4.79 Å². The van der Waals surface area contributed by atoms with E-state index in [9.17, 15) is 40.5 Å². The number of unbranched alkanes of at least 4 members (excludes halogenated alkanes) is 2. The quantitative estimate of drug-likeness (QED) is 0.0178. The Balaban J connectivity index is 1.84. The number of hydrogen-bond acceptors (Lipinski definition) is 14. The summed E-state index contributed by atoms with van der Waals surface area (Å²) in [6, 6.07) is 0. The first-order chi connectivity index (χ1) is 34.6. The first kappa shape index (κ1) is 63.2. The van der Waals surface area contributed by atoms with Gasteiger partial charge in [0, 0.05) is 13.0 Å². The van der Waals surface area contributed by atoms with Gasteiger partial charge in [-0.2, -0.15) is 0 Å². The van der Waals surface area contributed by atoms with Crippen LogP contribution in [-0.4, -0.2) is 142 Å². The lowest BCUT2D eigenvalue weighted by Crippen LogP contribution is -2.61. The Labute approximate surface area is 424 Å². The molecule has 2 aliphatic heterocycles. The Morgan fingerprint density at radius 2 is 0.859 bits per heavy atom. The normalized spacial score (nSPS) is 26.4. The van der Waals surface area contributed by atoms with Gasteiger partial charge in [0.15, 0.2) is 12.6 Å². The predicted molar refractivity (Wildman–Crippen MR) is 279 cm³/mol. The van der Waals surface area contributed by atoms with Crippen molar-refractivity contribution in [3.8, 4) is 0 Å². The number of hydrogen-bond donors (Lipinski definition) is 7. The fourth-order valence-electron chi connectivity index (χ4n) is 7.04. The minimum atomic E-state index is -1.74. The van der Waals surface area contributed by atoms with Gasteiger partial charge in [-0.05, 0) is 96.3 Å². The van der Waals surface area contributed by atoms with Crippen LogP contribution in [0, 0.1) is 0 Å². The molecule has 0 aromatic heterocycles. The zero-order valence-corrected chi connectivity index (χ0v) is 42.4. The molecule has 0 bridgehead atoms. The lowest BCUT2D eigenvalue weighted by molar-refractivity contribution is -0.332. The van der Waals surface area contributed by atoms with Crippen LogP contribution in [0.4, 0.5) is 0 Å². The molecule has 2 saturated heterocycles. The van der Waals surface area contributed by atoms with E-state index in [4.69, 9.17) is 28.4 Å². The number of carbonyl (C=O) groups excluding carboxylic acids is 1. The fourth-order valence-corrected chi connectivity index (χ4v) is 7.04. The van der Waals surface area contributed by atoms with Gasteiger partial charge in [0.25, 0.3) is 0 Å². The second-order valence-corrected chi connectivity index (χ2v) is 17.2. The van der Waals surface area contributed by atoms with Gasteiger partial charge >= 0.3 is 5.97 Å². The second kappa shape index (κ2) is 42.6. The Hall–Kier alpha value is -3.87. The highest BCUT2D eigenvalue weighted by atomic mass is 16.7. The SMILES string of the molecule is CC/C=C\C/C=C\C/C=C\C/C=C\C/C=C\C/C=C\CCC(=O)OC(COCCCC/C=C\C/C=C\C/C=C\C/C=C\C/C=C\CC)COC1OC(COC2OC(CO)C(O)C(O)C2O)C(O)C(O)C1O. The van der Waals surface area contributed by atoms with Crippen molar-refractivity contribution in [3.63, 3.8) is 0 Å². The number of aliphatic hydroxyl groups excluding tert-OH is 7. The van der Waals surface area contributed by atoms with Gasteiger partial charge in [-0.25, -0.2) is 0 Å². The van der Waals surface area contributed by atoms with Crippen LogP contribution < -0.4 is 0 Å². The van der Waals surface area contributed by atoms with E-state index in [1.54, 1.807) is 0 Å². The Bertz CT molecular complexity index is 1680. The third kappa shape index (κ3) is 30.1. The van der Waals surface area contributed by atoms with Gasteiger partial charge in [-0.15, -0.1) is 0 Å². The molecule has 14 nitrogen and oxygen atoms in total. The molecule has 0 radical (unpaired) electrons. The van der Waals surface area contributed by atoms with Crippen molar-refractivity contribution in [2.75, 3.05) is 33.0 Å². The third-order valence-electron chi connectivity index (χ3n) is 11.2. The molecule has 2 rings (SSSR count). The highest BCUT2D eigenvalue weighted by Crippen LogP contribution is 2.26. The summed E-state index contributed by atoms with van der Waals surface area (Å²) in [6.45, 7) is 3.20. The maximum atomic E-state index is 13.0. The zero-order chi connectivity index (χ0) is 51.6. The summed E-state index contributed by atoms with van der Waals surface area (Å²) in [5, 5.41) is 72.2. The van der Waals surface area contributed by atoms with Gasteiger partial charge in [0.2, 0.25) is 0 Å². The van der Waals surface area contributed by atoms with Crippen LogP contribution in [0.2, 0.25) is 0 Å². The summed E-state index contributed by atoms with van der Waals surface area (Å²) >= 11 is 0. The zero-order valence-electron chi connectivity index (χ0n) is 42.4.